The van der Waals surface area contributed by atoms with E-state index < -0.39 is 0 Å². The summed E-state index contributed by atoms with van der Waals surface area (Å²) >= 11 is 0. The maximum absolute atomic E-state index is 13.6. The van der Waals surface area contributed by atoms with E-state index in [1.807, 2.05) is 60.0 Å². The Kier molecular flexibility index (Phi) is 6.07. The molecule has 6 nitrogen and oxygen atoms in total. The lowest BCUT2D eigenvalue weighted by Gasteiger charge is -2.32. The van der Waals surface area contributed by atoms with Crippen LogP contribution < -0.4 is 4.74 Å². The number of aromatic nitrogens is 2. The van der Waals surface area contributed by atoms with Crippen molar-refractivity contribution in [2.24, 2.45) is 4.99 Å². The molecule has 1 unspecified atom stereocenters. The number of methoxy groups -OCH3 is 1. The quantitative estimate of drug-likeness (QED) is 0.499. The summed E-state index contributed by atoms with van der Waals surface area (Å²) in [6.45, 7) is 2.58. The van der Waals surface area contributed by atoms with E-state index >= 15 is 0 Å². The van der Waals surface area contributed by atoms with Crippen LogP contribution in [0.15, 0.2) is 77.3 Å². The maximum atomic E-state index is 13.6. The van der Waals surface area contributed by atoms with Crippen LogP contribution in [0, 0.1) is 12.7 Å². The maximum Gasteiger partial charge on any atom is 0.205 e. The fraction of sp³-hybridized carbons (Fsp3) is 0.250. The number of benzene rings is 2. The van der Waals surface area contributed by atoms with Gasteiger partial charge >= 0.3 is 0 Å². The summed E-state index contributed by atoms with van der Waals surface area (Å²) in [5, 5.41) is 0. The SMILES string of the molecule is COc1cc(/C=C2/C(=O)/C3=C\C(c4ccc(F)cc4)CC/N=C(\C3)N2C)ccc1-n1cnc(C)c1. The second-order valence-corrected chi connectivity index (χ2v) is 8.88. The number of amidine groups is 1. The van der Waals surface area contributed by atoms with Gasteiger partial charge in [0, 0.05) is 37.7 Å². The number of piperidine rings is 1. The molecule has 3 aromatic rings. The molecule has 0 radical (unpaired) electrons. The van der Waals surface area contributed by atoms with Crippen LogP contribution in [0.2, 0.25) is 0 Å². The van der Waals surface area contributed by atoms with Crippen molar-refractivity contribution < 1.29 is 13.9 Å². The summed E-state index contributed by atoms with van der Waals surface area (Å²) in [5.74, 6) is 1.29. The molecule has 2 aliphatic heterocycles. The van der Waals surface area contributed by atoms with E-state index in [2.05, 4.69) is 4.98 Å². The van der Waals surface area contributed by atoms with E-state index in [-0.39, 0.29) is 17.5 Å². The van der Waals surface area contributed by atoms with E-state index in [9.17, 15) is 9.18 Å². The third-order valence-corrected chi connectivity index (χ3v) is 6.55. The van der Waals surface area contributed by atoms with Crippen molar-refractivity contribution in [2.45, 2.75) is 25.7 Å². The molecule has 1 atom stereocenters. The molecule has 5 rings (SSSR count). The van der Waals surface area contributed by atoms with E-state index in [0.717, 1.165) is 40.3 Å². The molecular weight excluding hydrogens is 443 g/mol. The Balaban J connectivity index is 1.50. The summed E-state index contributed by atoms with van der Waals surface area (Å²) in [4.78, 5) is 24.5. The largest absolute Gasteiger partial charge is 0.495 e. The molecule has 0 amide bonds. The zero-order chi connectivity index (χ0) is 24.5. The second-order valence-electron chi connectivity index (χ2n) is 8.88. The number of ketones is 1. The number of allylic oxidation sites excluding steroid dienone is 2. The van der Waals surface area contributed by atoms with Gasteiger partial charge < -0.3 is 14.2 Å². The molecule has 2 bridgehead atoms. The lowest BCUT2D eigenvalue weighted by atomic mass is 9.87. The van der Waals surface area contributed by atoms with Crippen molar-refractivity contribution in [3.05, 3.63) is 95.0 Å². The fourth-order valence-electron chi connectivity index (χ4n) is 4.62. The lowest BCUT2D eigenvalue weighted by molar-refractivity contribution is -0.113. The van der Waals surface area contributed by atoms with Crippen molar-refractivity contribution in [3.63, 3.8) is 0 Å². The fourth-order valence-corrected chi connectivity index (χ4v) is 4.62. The van der Waals surface area contributed by atoms with Crippen LogP contribution >= 0.6 is 0 Å². The number of carbonyl (C=O) groups excluding carboxylic acids is 1. The first-order chi connectivity index (χ1) is 16.9. The number of fused-ring (bicyclic) bond motifs is 2. The normalized spacial score (nSPS) is 22.2. The highest BCUT2D eigenvalue weighted by atomic mass is 19.1. The number of aryl methyl sites for hydroxylation is 1. The number of rotatable bonds is 4. The third kappa shape index (κ3) is 4.54. The number of nitrogens with zero attached hydrogens (tertiary/aromatic N) is 4. The number of carbonyl (C=O) groups is 1. The molecule has 7 heteroatoms. The minimum Gasteiger partial charge on any atom is -0.495 e. The van der Waals surface area contributed by atoms with Crippen LogP contribution in [0.1, 0.15) is 35.6 Å². The summed E-state index contributed by atoms with van der Waals surface area (Å²) in [6, 6.07) is 12.3. The highest BCUT2D eigenvalue weighted by Gasteiger charge is 2.31. The van der Waals surface area contributed by atoms with Gasteiger partial charge in [0.15, 0.2) is 0 Å². The van der Waals surface area contributed by atoms with E-state index in [4.69, 9.17) is 9.73 Å². The van der Waals surface area contributed by atoms with Crippen molar-refractivity contribution in [1.29, 1.82) is 0 Å². The molecule has 2 aliphatic rings. The Labute approximate surface area is 204 Å². The standard InChI is InChI=1S/C28H27FN4O2/c1-18-16-33(17-31-18)24-9-4-19(13-26(24)35-3)12-25-28(34)22-14-21(20-5-7-23(29)8-6-20)10-11-30-27(15-22)32(25)2/h4-9,12-14,16-17,21H,10-11,15H2,1-3H3/b22-14-,25-12-,30-27+. The number of aliphatic imine (C=N–C) groups is 1. The summed E-state index contributed by atoms with van der Waals surface area (Å²) < 4.78 is 21.0. The van der Waals surface area contributed by atoms with Crippen LogP contribution in [0.4, 0.5) is 4.39 Å². The predicted molar refractivity (Wildman–Crippen MR) is 134 cm³/mol. The second kappa shape index (κ2) is 9.33. The molecule has 35 heavy (non-hydrogen) atoms. The van der Waals surface area contributed by atoms with Crippen molar-refractivity contribution in [2.75, 3.05) is 20.7 Å². The number of ether oxygens (including phenoxy) is 1. The van der Waals surface area contributed by atoms with Gasteiger partial charge in [-0.25, -0.2) is 9.37 Å². The Morgan fingerprint density at radius 3 is 2.69 bits per heavy atom. The van der Waals surface area contributed by atoms with E-state index in [0.29, 0.717) is 24.4 Å². The van der Waals surface area contributed by atoms with Crippen molar-refractivity contribution >= 4 is 17.7 Å². The van der Waals surface area contributed by atoms with Gasteiger partial charge in [0.05, 0.1) is 30.5 Å². The molecule has 1 saturated heterocycles. The number of hydrogen-bond donors (Lipinski definition) is 0. The van der Waals surface area contributed by atoms with Crippen LogP contribution in [-0.4, -0.2) is 46.8 Å². The van der Waals surface area contributed by atoms with Gasteiger partial charge in [-0.3, -0.25) is 9.79 Å². The Bertz CT molecular complexity index is 1370. The monoisotopic (exact) mass is 470 g/mol. The lowest BCUT2D eigenvalue weighted by Crippen LogP contribution is -2.37. The van der Waals surface area contributed by atoms with Crippen molar-refractivity contribution in [3.8, 4) is 11.4 Å². The molecule has 0 N–H and O–H groups in total. The molecule has 0 aliphatic carbocycles. The van der Waals surface area contributed by atoms with Gasteiger partial charge in [-0.15, -0.1) is 0 Å². The van der Waals surface area contributed by atoms with Crippen LogP contribution in [0.5, 0.6) is 5.75 Å². The predicted octanol–water partition coefficient (Wildman–Crippen LogP) is 5.09. The average molecular weight is 471 g/mol. The summed E-state index contributed by atoms with van der Waals surface area (Å²) in [6.07, 6.45) is 8.86. The minimum absolute atomic E-state index is 0.0162. The van der Waals surface area contributed by atoms with E-state index in [1.54, 1.807) is 25.6 Å². The van der Waals surface area contributed by atoms with Gasteiger partial charge in [0.2, 0.25) is 5.78 Å². The van der Waals surface area contributed by atoms with Gasteiger partial charge in [-0.05, 0) is 54.8 Å². The molecule has 1 aromatic heterocycles. The minimum atomic E-state index is -0.266. The Morgan fingerprint density at radius 2 is 1.97 bits per heavy atom. The number of Topliss-reactive ketones (excluding diaryl/α,β-unsaturated/α-hetero) is 1. The smallest absolute Gasteiger partial charge is 0.205 e. The van der Waals surface area contributed by atoms with Gasteiger partial charge in [0.25, 0.3) is 0 Å². The Morgan fingerprint density at radius 1 is 1.17 bits per heavy atom. The molecule has 178 valence electrons. The first-order valence-electron chi connectivity index (χ1n) is 11.6. The number of halogens is 1. The van der Waals surface area contributed by atoms with Gasteiger partial charge in [-0.1, -0.05) is 24.3 Å². The highest BCUT2D eigenvalue weighted by Crippen LogP contribution is 2.33. The summed E-state index contributed by atoms with van der Waals surface area (Å²) in [7, 11) is 3.52. The molecule has 0 saturated carbocycles. The third-order valence-electron chi connectivity index (χ3n) is 6.55. The molecule has 1 fully saturated rings. The van der Waals surface area contributed by atoms with Gasteiger partial charge in [-0.2, -0.15) is 0 Å². The van der Waals surface area contributed by atoms with Crippen LogP contribution in [0.3, 0.4) is 0 Å². The summed E-state index contributed by atoms with van der Waals surface area (Å²) in [5.41, 5.74) is 4.92. The van der Waals surface area contributed by atoms with Crippen LogP contribution in [0.25, 0.3) is 11.8 Å². The van der Waals surface area contributed by atoms with Crippen LogP contribution in [-0.2, 0) is 4.79 Å². The number of likely N-dealkylation sites (N-methyl/N-ethyl adjacent to an activating group) is 1. The van der Waals surface area contributed by atoms with Crippen molar-refractivity contribution in [1.82, 2.24) is 14.5 Å². The molecular formula is C28H27FN4O2. The molecule has 2 aromatic carbocycles. The first kappa shape index (κ1) is 22.8. The average Bonchev–Trinajstić information content (AvgIpc) is 3.27. The number of hydrogen-bond acceptors (Lipinski definition) is 5. The number of imidazole rings is 1. The van der Waals surface area contributed by atoms with E-state index in [1.165, 1.54) is 12.1 Å². The first-order valence-corrected chi connectivity index (χ1v) is 11.6. The highest BCUT2D eigenvalue weighted by molar-refractivity contribution is 6.18. The zero-order valence-electron chi connectivity index (χ0n) is 20.0. The topological polar surface area (TPSA) is 59.7 Å². The number of likely N-dealkylation sites (tertiary alicyclic amines) is 1. The zero-order valence-corrected chi connectivity index (χ0v) is 20.0. The molecule has 0 spiro atoms. The Hall–Kier alpha value is -4.00. The van der Waals surface area contributed by atoms with Gasteiger partial charge in [0.1, 0.15) is 17.4 Å². The molecule has 3 heterocycles.